The van der Waals surface area contributed by atoms with E-state index in [2.05, 4.69) is 17.6 Å². The van der Waals surface area contributed by atoms with Gasteiger partial charge in [0.25, 0.3) is 0 Å². The first-order valence-corrected chi connectivity index (χ1v) is 5.48. The zero-order chi connectivity index (χ0) is 11.5. The number of carbonyl (C=O) groups excluding carboxylic acids is 1. The molecule has 1 atom stereocenters. The lowest BCUT2D eigenvalue weighted by atomic mass is 9.90. The fourth-order valence-corrected chi connectivity index (χ4v) is 1.62. The van der Waals surface area contributed by atoms with Crippen molar-refractivity contribution >= 4 is 6.09 Å². The summed E-state index contributed by atoms with van der Waals surface area (Å²) in [6.07, 6.45) is 0.777. The van der Waals surface area contributed by atoms with Crippen molar-refractivity contribution in [1.29, 1.82) is 0 Å². The van der Waals surface area contributed by atoms with Gasteiger partial charge in [-0.3, -0.25) is 0 Å². The number of alkyl carbamates (subject to hydrolysis) is 1. The summed E-state index contributed by atoms with van der Waals surface area (Å²) in [5.41, 5.74) is -0.240. The van der Waals surface area contributed by atoms with Crippen LogP contribution in [0.1, 0.15) is 34.1 Å². The highest BCUT2D eigenvalue weighted by molar-refractivity contribution is 5.67. The van der Waals surface area contributed by atoms with Gasteiger partial charge >= 0.3 is 6.09 Å². The van der Waals surface area contributed by atoms with Crippen LogP contribution in [0.4, 0.5) is 4.79 Å². The van der Waals surface area contributed by atoms with Crippen LogP contribution in [0.25, 0.3) is 0 Å². The van der Waals surface area contributed by atoms with Crippen LogP contribution < -0.4 is 10.6 Å². The van der Waals surface area contributed by atoms with Gasteiger partial charge in [-0.2, -0.15) is 0 Å². The molecule has 15 heavy (non-hydrogen) atoms. The van der Waals surface area contributed by atoms with Crippen LogP contribution in [-0.2, 0) is 4.74 Å². The standard InChI is InChI=1S/C11H22N2O2/c1-10(2,3)15-9(14)13-8-11(4)5-6-12-7-11/h12H,5-8H2,1-4H3,(H,13,14)/t11-/m1/s1. The molecule has 4 heteroatoms. The van der Waals surface area contributed by atoms with E-state index in [1.807, 2.05) is 20.8 Å². The minimum atomic E-state index is -0.418. The summed E-state index contributed by atoms with van der Waals surface area (Å²) in [5.74, 6) is 0. The summed E-state index contributed by atoms with van der Waals surface area (Å²) >= 11 is 0. The number of ether oxygens (including phenoxy) is 1. The van der Waals surface area contributed by atoms with Crippen LogP contribution in [0.5, 0.6) is 0 Å². The maximum absolute atomic E-state index is 11.4. The van der Waals surface area contributed by atoms with E-state index in [0.717, 1.165) is 19.5 Å². The van der Waals surface area contributed by atoms with Crippen LogP contribution >= 0.6 is 0 Å². The minimum Gasteiger partial charge on any atom is -0.444 e. The molecule has 0 radical (unpaired) electrons. The molecule has 88 valence electrons. The van der Waals surface area contributed by atoms with Crippen molar-refractivity contribution in [1.82, 2.24) is 10.6 Å². The number of rotatable bonds is 2. The van der Waals surface area contributed by atoms with Gasteiger partial charge in [0.2, 0.25) is 0 Å². The second-order valence-electron chi connectivity index (χ2n) is 5.59. The molecule has 0 aromatic carbocycles. The van der Waals surface area contributed by atoms with E-state index in [4.69, 9.17) is 4.74 Å². The first kappa shape index (κ1) is 12.3. The number of carbonyl (C=O) groups is 1. The van der Waals surface area contributed by atoms with Gasteiger partial charge in [-0.1, -0.05) is 6.92 Å². The van der Waals surface area contributed by atoms with E-state index >= 15 is 0 Å². The molecule has 4 nitrogen and oxygen atoms in total. The molecule has 1 fully saturated rings. The van der Waals surface area contributed by atoms with Crippen molar-refractivity contribution in [2.24, 2.45) is 5.41 Å². The van der Waals surface area contributed by atoms with E-state index in [1.165, 1.54) is 0 Å². The van der Waals surface area contributed by atoms with Gasteiger partial charge in [-0.05, 0) is 39.2 Å². The Bertz CT molecular complexity index is 227. The van der Waals surface area contributed by atoms with Crippen LogP contribution in [-0.4, -0.2) is 31.3 Å². The molecular formula is C11H22N2O2. The maximum atomic E-state index is 11.4. The van der Waals surface area contributed by atoms with Gasteiger partial charge in [0.05, 0.1) is 0 Å². The zero-order valence-corrected chi connectivity index (χ0v) is 10.1. The van der Waals surface area contributed by atoms with Crippen molar-refractivity contribution in [3.63, 3.8) is 0 Å². The lowest BCUT2D eigenvalue weighted by molar-refractivity contribution is 0.0507. The molecule has 0 bridgehead atoms. The summed E-state index contributed by atoms with van der Waals surface area (Å²) in [6.45, 7) is 10.4. The Kier molecular flexibility index (Phi) is 3.60. The van der Waals surface area contributed by atoms with Gasteiger partial charge in [0.1, 0.15) is 5.60 Å². The normalized spacial score (nSPS) is 26.4. The Balaban J connectivity index is 2.28. The van der Waals surface area contributed by atoms with Gasteiger partial charge < -0.3 is 15.4 Å². The predicted octanol–water partition coefficient (Wildman–Crippen LogP) is 1.51. The van der Waals surface area contributed by atoms with Gasteiger partial charge in [0, 0.05) is 13.1 Å². The topological polar surface area (TPSA) is 50.4 Å². The fourth-order valence-electron chi connectivity index (χ4n) is 1.62. The highest BCUT2D eigenvalue weighted by Gasteiger charge is 2.29. The molecule has 1 aliphatic rings. The van der Waals surface area contributed by atoms with Crippen molar-refractivity contribution in [3.8, 4) is 0 Å². The fraction of sp³-hybridized carbons (Fsp3) is 0.909. The van der Waals surface area contributed by atoms with E-state index in [9.17, 15) is 4.79 Å². The van der Waals surface area contributed by atoms with E-state index in [0.29, 0.717) is 6.54 Å². The molecule has 1 aliphatic heterocycles. The first-order valence-electron chi connectivity index (χ1n) is 5.48. The number of nitrogens with one attached hydrogen (secondary N) is 2. The molecule has 0 aromatic rings. The molecule has 1 amide bonds. The second-order valence-corrected chi connectivity index (χ2v) is 5.59. The third-order valence-corrected chi connectivity index (χ3v) is 2.52. The number of hydrogen-bond donors (Lipinski definition) is 2. The van der Waals surface area contributed by atoms with Gasteiger partial charge in [0.15, 0.2) is 0 Å². The van der Waals surface area contributed by atoms with Crippen molar-refractivity contribution in [2.45, 2.75) is 39.7 Å². The Morgan fingerprint density at radius 3 is 2.67 bits per heavy atom. The molecular weight excluding hydrogens is 192 g/mol. The second kappa shape index (κ2) is 4.39. The van der Waals surface area contributed by atoms with Gasteiger partial charge in [-0.25, -0.2) is 4.79 Å². The molecule has 2 N–H and O–H groups in total. The zero-order valence-electron chi connectivity index (χ0n) is 10.1. The highest BCUT2D eigenvalue weighted by Crippen LogP contribution is 2.23. The average Bonchev–Trinajstić information content (AvgIpc) is 2.47. The molecule has 0 saturated carbocycles. The molecule has 0 aliphatic carbocycles. The van der Waals surface area contributed by atoms with E-state index in [-0.39, 0.29) is 11.5 Å². The van der Waals surface area contributed by atoms with Crippen molar-refractivity contribution in [2.75, 3.05) is 19.6 Å². The smallest absolute Gasteiger partial charge is 0.407 e. The summed E-state index contributed by atoms with van der Waals surface area (Å²) in [6, 6.07) is 0. The predicted molar refractivity (Wildman–Crippen MR) is 59.8 cm³/mol. The molecule has 0 aromatic heterocycles. The molecule has 1 saturated heterocycles. The van der Waals surface area contributed by atoms with Crippen molar-refractivity contribution < 1.29 is 9.53 Å². The maximum Gasteiger partial charge on any atom is 0.407 e. The highest BCUT2D eigenvalue weighted by atomic mass is 16.6. The number of hydrogen-bond acceptors (Lipinski definition) is 3. The van der Waals surface area contributed by atoms with Crippen LogP contribution in [0, 0.1) is 5.41 Å². The monoisotopic (exact) mass is 214 g/mol. The molecule has 0 unspecified atom stereocenters. The first-order chi connectivity index (χ1) is 6.81. The van der Waals surface area contributed by atoms with Crippen LogP contribution in [0.15, 0.2) is 0 Å². The lowest BCUT2D eigenvalue weighted by Gasteiger charge is -2.25. The van der Waals surface area contributed by atoms with Crippen molar-refractivity contribution in [3.05, 3.63) is 0 Å². The summed E-state index contributed by atoms with van der Waals surface area (Å²) in [4.78, 5) is 11.4. The van der Waals surface area contributed by atoms with Gasteiger partial charge in [-0.15, -0.1) is 0 Å². The summed E-state index contributed by atoms with van der Waals surface area (Å²) in [7, 11) is 0. The SMILES string of the molecule is CC(C)(C)OC(=O)NC[C@]1(C)CCNC1. The Morgan fingerprint density at radius 2 is 2.20 bits per heavy atom. The summed E-state index contributed by atoms with van der Waals surface area (Å²) in [5, 5.41) is 6.11. The van der Waals surface area contributed by atoms with Crippen LogP contribution in [0.3, 0.4) is 0 Å². The Morgan fingerprint density at radius 1 is 1.53 bits per heavy atom. The summed E-state index contributed by atoms with van der Waals surface area (Å²) < 4.78 is 5.17. The third kappa shape index (κ3) is 4.51. The molecule has 1 heterocycles. The van der Waals surface area contributed by atoms with Crippen LogP contribution in [0.2, 0.25) is 0 Å². The Hall–Kier alpha value is -0.770. The number of amides is 1. The Labute approximate surface area is 91.8 Å². The molecule has 1 rings (SSSR count). The largest absolute Gasteiger partial charge is 0.444 e. The average molecular weight is 214 g/mol. The van der Waals surface area contributed by atoms with E-state index < -0.39 is 5.60 Å². The minimum absolute atomic E-state index is 0.177. The quantitative estimate of drug-likeness (QED) is 0.732. The molecule has 0 spiro atoms. The lowest BCUT2D eigenvalue weighted by Crippen LogP contribution is -2.39. The third-order valence-electron chi connectivity index (χ3n) is 2.52. The van der Waals surface area contributed by atoms with E-state index in [1.54, 1.807) is 0 Å².